The van der Waals surface area contributed by atoms with Crippen molar-refractivity contribution in [3.05, 3.63) is 60.2 Å². The van der Waals surface area contributed by atoms with E-state index < -0.39 is 31.0 Å². The van der Waals surface area contributed by atoms with Crippen LogP contribution in [-0.2, 0) is 26.1 Å². The molecule has 2 aliphatic heterocycles. The summed E-state index contributed by atoms with van der Waals surface area (Å²) in [6.07, 6.45) is 0.826. The highest BCUT2D eigenvalue weighted by Crippen LogP contribution is 2.30. The van der Waals surface area contributed by atoms with Crippen molar-refractivity contribution in [3.63, 3.8) is 0 Å². The molecule has 2 saturated heterocycles. The highest BCUT2D eigenvalue weighted by Gasteiger charge is 2.48. The lowest BCUT2D eigenvalue weighted by Crippen LogP contribution is -2.55. The molecule has 2 heterocycles. The molecule has 0 spiro atoms. The molecule has 2 aromatic rings. The van der Waals surface area contributed by atoms with Crippen molar-refractivity contribution < 1.29 is 16.8 Å². The molecule has 0 aromatic heterocycles. The lowest BCUT2D eigenvalue weighted by Gasteiger charge is -2.40. The normalized spacial score (nSPS) is 24.8. The summed E-state index contributed by atoms with van der Waals surface area (Å²) in [5.41, 5.74) is 2.19. The molecule has 0 aliphatic carbocycles. The fourth-order valence-corrected chi connectivity index (χ4v) is 9.30. The predicted octanol–water partition coefficient (Wildman–Crippen LogP) is 2.01. The van der Waals surface area contributed by atoms with E-state index in [9.17, 15) is 16.8 Å². The number of hydrogen-bond acceptors (Lipinski definition) is 6. The number of para-hydroxylation sites is 1. The number of hydrogen-bond donors (Lipinski definition) is 0. The molecule has 0 unspecified atom stereocenters. The number of nitrogens with zero attached hydrogens (tertiary/aromatic N) is 2. The van der Waals surface area contributed by atoms with Gasteiger partial charge in [-0.25, -0.2) is 16.8 Å². The van der Waals surface area contributed by atoms with E-state index in [1.54, 1.807) is 12.1 Å². The largest absolute Gasteiger partial charge is 0.369 e. The molecule has 162 valence electrons. The standard InChI is InChI=1S/C22H28N2O4S2/c1-2-18-8-10-20(11-9-18)30(27,28)22-17-29(25,26)16-21(22)24-14-12-23(13-15-24)19-6-4-3-5-7-19/h3-11,21-22H,2,12-17H2,1H3/t21-,22-/m1/s1. The van der Waals surface area contributed by atoms with Crippen molar-refractivity contribution in [1.82, 2.24) is 4.90 Å². The summed E-state index contributed by atoms with van der Waals surface area (Å²) in [7, 11) is -7.13. The van der Waals surface area contributed by atoms with Gasteiger partial charge in [-0.1, -0.05) is 37.3 Å². The molecule has 4 rings (SSSR count). The van der Waals surface area contributed by atoms with Crippen LogP contribution in [0.5, 0.6) is 0 Å². The van der Waals surface area contributed by atoms with Crippen LogP contribution in [0.15, 0.2) is 59.5 Å². The van der Waals surface area contributed by atoms with Crippen LogP contribution in [0.1, 0.15) is 12.5 Å². The molecule has 0 amide bonds. The molecule has 0 N–H and O–H groups in total. The minimum absolute atomic E-state index is 0.0880. The molecule has 2 fully saturated rings. The van der Waals surface area contributed by atoms with Crippen LogP contribution in [-0.4, -0.2) is 70.7 Å². The van der Waals surface area contributed by atoms with Crippen molar-refractivity contribution >= 4 is 25.4 Å². The van der Waals surface area contributed by atoms with Crippen molar-refractivity contribution in [3.8, 4) is 0 Å². The first kappa shape index (κ1) is 21.3. The molecule has 0 saturated carbocycles. The first-order chi connectivity index (χ1) is 14.3. The minimum Gasteiger partial charge on any atom is -0.369 e. The molecule has 8 heteroatoms. The lowest BCUT2D eigenvalue weighted by atomic mass is 10.1. The first-order valence-corrected chi connectivity index (χ1v) is 13.7. The predicted molar refractivity (Wildman–Crippen MR) is 119 cm³/mol. The Hall–Kier alpha value is -1.90. The molecule has 6 nitrogen and oxygen atoms in total. The summed E-state index contributed by atoms with van der Waals surface area (Å²) in [6.45, 7) is 4.81. The van der Waals surface area contributed by atoms with E-state index >= 15 is 0 Å². The molecule has 0 radical (unpaired) electrons. The van der Waals surface area contributed by atoms with Gasteiger partial charge in [-0.15, -0.1) is 0 Å². The van der Waals surface area contributed by atoms with Gasteiger partial charge in [0.2, 0.25) is 0 Å². The summed E-state index contributed by atoms with van der Waals surface area (Å²) in [5, 5.41) is -0.918. The number of piperazine rings is 1. The Morgan fingerprint density at radius 2 is 1.53 bits per heavy atom. The third kappa shape index (κ3) is 4.26. The SMILES string of the molecule is CCc1ccc(S(=O)(=O)[C@@H]2CS(=O)(=O)C[C@H]2N2CCN(c3ccccc3)CC2)cc1. The summed E-state index contributed by atoms with van der Waals surface area (Å²) in [6, 6.07) is 16.4. The van der Waals surface area contributed by atoms with Gasteiger partial charge < -0.3 is 4.90 Å². The highest BCUT2D eigenvalue weighted by atomic mass is 32.2. The number of aryl methyl sites for hydroxylation is 1. The van der Waals surface area contributed by atoms with Gasteiger partial charge in [0.1, 0.15) is 0 Å². The zero-order valence-corrected chi connectivity index (χ0v) is 18.8. The summed E-state index contributed by atoms with van der Waals surface area (Å²) < 4.78 is 51.6. The Bertz CT molecular complexity index is 1080. The van der Waals surface area contributed by atoms with Gasteiger partial charge in [0, 0.05) is 37.9 Å². The number of anilines is 1. The monoisotopic (exact) mass is 448 g/mol. The van der Waals surface area contributed by atoms with Gasteiger partial charge in [0.25, 0.3) is 0 Å². The molecule has 0 bridgehead atoms. The second-order valence-electron chi connectivity index (χ2n) is 8.08. The van der Waals surface area contributed by atoms with Crippen LogP contribution >= 0.6 is 0 Å². The Labute approximate surface area is 179 Å². The van der Waals surface area contributed by atoms with E-state index in [1.807, 2.05) is 37.3 Å². The smallest absolute Gasteiger partial charge is 0.183 e. The average molecular weight is 449 g/mol. The maximum atomic E-state index is 13.4. The number of sulfone groups is 2. The summed E-state index contributed by atoms with van der Waals surface area (Å²) in [4.78, 5) is 4.54. The average Bonchev–Trinajstić information content (AvgIpc) is 3.11. The molecule has 2 atom stereocenters. The highest BCUT2D eigenvalue weighted by molar-refractivity contribution is 7.96. The van der Waals surface area contributed by atoms with Gasteiger partial charge in [-0.2, -0.15) is 0 Å². The van der Waals surface area contributed by atoms with E-state index in [4.69, 9.17) is 0 Å². The number of benzene rings is 2. The quantitative estimate of drug-likeness (QED) is 0.697. The minimum atomic E-state index is -3.73. The van der Waals surface area contributed by atoms with Crippen molar-refractivity contribution in [1.29, 1.82) is 0 Å². The van der Waals surface area contributed by atoms with Crippen LogP contribution in [0.25, 0.3) is 0 Å². The van der Waals surface area contributed by atoms with Crippen LogP contribution in [0.4, 0.5) is 5.69 Å². The first-order valence-electron chi connectivity index (χ1n) is 10.4. The Balaban J connectivity index is 1.54. The van der Waals surface area contributed by atoms with Gasteiger partial charge in [0.15, 0.2) is 19.7 Å². The zero-order chi connectivity index (χ0) is 21.4. The fourth-order valence-electron chi connectivity index (χ4n) is 4.47. The van der Waals surface area contributed by atoms with E-state index in [-0.39, 0.29) is 16.4 Å². The van der Waals surface area contributed by atoms with Gasteiger partial charge in [0.05, 0.1) is 21.7 Å². The Morgan fingerprint density at radius 1 is 0.900 bits per heavy atom. The van der Waals surface area contributed by atoms with Crippen molar-refractivity contribution in [2.24, 2.45) is 0 Å². The van der Waals surface area contributed by atoms with Crippen molar-refractivity contribution in [2.45, 2.75) is 29.5 Å². The van der Waals surface area contributed by atoms with E-state index in [1.165, 1.54) is 0 Å². The second-order valence-corrected chi connectivity index (χ2v) is 12.4. The van der Waals surface area contributed by atoms with Gasteiger partial charge in [-0.3, -0.25) is 4.90 Å². The summed E-state index contributed by atoms with van der Waals surface area (Å²) in [5.74, 6) is -0.385. The van der Waals surface area contributed by atoms with E-state index in [0.29, 0.717) is 13.1 Å². The third-order valence-corrected chi connectivity index (χ3v) is 10.4. The van der Waals surface area contributed by atoms with E-state index in [0.717, 1.165) is 30.8 Å². The molecule has 2 aromatic carbocycles. The molecular weight excluding hydrogens is 420 g/mol. The number of rotatable bonds is 5. The topological polar surface area (TPSA) is 74.8 Å². The molecular formula is C22H28N2O4S2. The Kier molecular flexibility index (Phi) is 5.92. The third-order valence-electron chi connectivity index (χ3n) is 6.24. The summed E-state index contributed by atoms with van der Waals surface area (Å²) >= 11 is 0. The van der Waals surface area contributed by atoms with Crippen molar-refractivity contribution in [2.75, 3.05) is 42.6 Å². The zero-order valence-electron chi connectivity index (χ0n) is 17.1. The van der Waals surface area contributed by atoms with Crippen LogP contribution < -0.4 is 4.90 Å². The maximum Gasteiger partial charge on any atom is 0.183 e. The lowest BCUT2D eigenvalue weighted by molar-refractivity contribution is 0.201. The molecule has 30 heavy (non-hydrogen) atoms. The van der Waals surface area contributed by atoms with E-state index in [2.05, 4.69) is 21.9 Å². The Morgan fingerprint density at radius 3 is 2.13 bits per heavy atom. The van der Waals surface area contributed by atoms with Gasteiger partial charge >= 0.3 is 0 Å². The second kappa shape index (κ2) is 8.32. The fraction of sp³-hybridized carbons (Fsp3) is 0.455. The van der Waals surface area contributed by atoms with Crippen LogP contribution in [0.3, 0.4) is 0 Å². The molecule has 2 aliphatic rings. The van der Waals surface area contributed by atoms with Crippen LogP contribution in [0, 0.1) is 0 Å². The van der Waals surface area contributed by atoms with Crippen LogP contribution in [0.2, 0.25) is 0 Å². The van der Waals surface area contributed by atoms with Gasteiger partial charge in [-0.05, 0) is 36.2 Å². The maximum absolute atomic E-state index is 13.4.